The van der Waals surface area contributed by atoms with Crippen LogP contribution in [0.2, 0.25) is 0 Å². The molecule has 1 aliphatic rings. The van der Waals surface area contributed by atoms with Crippen LogP contribution >= 0.6 is 0 Å². The number of hydrogen-bond acceptors (Lipinski definition) is 3. The SMILES string of the molecule is Cc1nn(CC(C)C)c(C)c1CC(=O)N1CCCC(CCC(=O)O)C1. The maximum absolute atomic E-state index is 12.8. The summed E-state index contributed by atoms with van der Waals surface area (Å²) >= 11 is 0. The minimum absolute atomic E-state index is 0.135. The molecular weight excluding hydrogens is 318 g/mol. The van der Waals surface area contributed by atoms with Gasteiger partial charge in [0.2, 0.25) is 5.91 Å². The molecule has 140 valence electrons. The van der Waals surface area contributed by atoms with Crippen molar-refractivity contribution >= 4 is 11.9 Å². The lowest BCUT2D eigenvalue weighted by molar-refractivity contribution is -0.137. The molecular formula is C19H31N3O3. The molecule has 1 aromatic rings. The Labute approximate surface area is 150 Å². The van der Waals surface area contributed by atoms with Gasteiger partial charge in [-0.25, -0.2) is 0 Å². The highest BCUT2D eigenvalue weighted by Crippen LogP contribution is 2.23. The van der Waals surface area contributed by atoms with Gasteiger partial charge < -0.3 is 10.0 Å². The van der Waals surface area contributed by atoms with Crippen molar-refractivity contribution in [3.63, 3.8) is 0 Å². The maximum Gasteiger partial charge on any atom is 0.303 e. The third kappa shape index (κ3) is 5.31. The van der Waals surface area contributed by atoms with Gasteiger partial charge in [-0.2, -0.15) is 5.10 Å². The van der Waals surface area contributed by atoms with Crippen LogP contribution in [0.25, 0.3) is 0 Å². The molecule has 2 rings (SSSR count). The van der Waals surface area contributed by atoms with Crippen LogP contribution in [0.5, 0.6) is 0 Å². The number of carboxylic acids is 1. The van der Waals surface area contributed by atoms with Gasteiger partial charge in [0.25, 0.3) is 0 Å². The molecule has 0 aromatic carbocycles. The summed E-state index contributed by atoms with van der Waals surface area (Å²) in [6.45, 7) is 10.7. The number of carbonyl (C=O) groups excluding carboxylic acids is 1. The molecule has 2 heterocycles. The Hall–Kier alpha value is -1.85. The molecule has 6 heteroatoms. The third-order valence-corrected chi connectivity index (χ3v) is 5.04. The molecule has 1 aromatic heterocycles. The van der Waals surface area contributed by atoms with E-state index in [1.165, 1.54) is 0 Å². The van der Waals surface area contributed by atoms with E-state index in [0.717, 1.165) is 42.9 Å². The van der Waals surface area contributed by atoms with Crippen molar-refractivity contribution in [1.29, 1.82) is 0 Å². The number of aryl methyl sites for hydroxylation is 1. The van der Waals surface area contributed by atoms with Crippen molar-refractivity contribution in [3.05, 3.63) is 17.0 Å². The van der Waals surface area contributed by atoms with Gasteiger partial charge in [0.1, 0.15) is 0 Å². The second-order valence-electron chi connectivity index (χ2n) is 7.68. The van der Waals surface area contributed by atoms with E-state index in [-0.39, 0.29) is 12.3 Å². The van der Waals surface area contributed by atoms with E-state index in [1.807, 2.05) is 23.4 Å². The van der Waals surface area contributed by atoms with Crippen molar-refractivity contribution in [2.75, 3.05) is 13.1 Å². The highest BCUT2D eigenvalue weighted by Gasteiger charge is 2.25. The number of aliphatic carboxylic acids is 1. The molecule has 6 nitrogen and oxygen atoms in total. The molecule has 25 heavy (non-hydrogen) atoms. The Kier molecular flexibility index (Phi) is 6.62. The van der Waals surface area contributed by atoms with Crippen LogP contribution in [0.3, 0.4) is 0 Å². The number of carboxylic acid groups (broad SMARTS) is 1. The van der Waals surface area contributed by atoms with Crippen LogP contribution < -0.4 is 0 Å². The monoisotopic (exact) mass is 349 g/mol. The maximum atomic E-state index is 12.8. The number of rotatable bonds is 7. The van der Waals surface area contributed by atoms with Crippen LogP contribution in [0, 0.1) is 25.7 Å². The molecule has 1 unspecified atom stereocenters. The van der Waals surface area contributed by atoms with Gasteiger partial charge >= 0.3 is 5.97 Å². The van der Waals surface area contributed by atoms with E-state index in [4.69, 9.17) is 5.11 Å². The molecule has 0 saturated carbocycles. The molecule has 1 fully saturated rings. The highest BCUT2D eigenvalue weighted by atomic mass is 16.4. The van der Waals surface area contributed by atoms with Crippen LogP contribution in [0.15, 0.2) is 0 Å². The topological polar surface area (TPSA) is 75.4 Å². The predicted molar refractivity (Wildman–Crippen MR) is 96.4 cm³/mol. The van der Waals surface area contributed by atoms with Crippen molar-refractivity contribution in [3.8, 4) is 0 Å². The van der Waals surface area contributed by atoms with Crippen molar-refractivity contribution in [2.24, 2.45) is 11.8 Å². The van der Waals surface area contributed by atoms with E-state index < -0.39 is 5.97 Å². The summed E-state index contributed by atoms with van der Waals surface area (Å²) in [4.78, 5) is 25.4. The van der Waals surface area contributed by atoms with Crippen molar-refractivity contribution in [2.45, 2.75) is 66.3 Å². The van der Waals surface area contributed by atoms with E-state index in [9.17, 15) is 9.59 Å². The highest BCUT2D eigenvalue weighted by molar-refractivity contribution is 5.79. The summed E-state index contributed by atoms with van der Waals surface area (Å²) in [5, 5.41) is 13.4. The molecule has 0 spiro atoms. The number of aromatic nitrogens is 2. The Morgan fingerprint density at radius 2 is 2.04 bits per heavy atom. The number of piperidine rings is 1. The fourth-order valence-electron chi connectivity index (χ4n) is 3.63. The number of amides is 1. The quantitative estimate of drug-likeness (QED) is 0.821. The molecule has 0 bridgehead atoms. The zero-order chi connectivity index (χ0) is 18.6. The fraction of sp³-hybridized carbons (Fsp3) is 0.737. The van der Waals surface area contributed by atoms with Crippen LogP contribution in [0.4, 0.5) is 0 Å². The lowest BCUT2D eigenvalue weighted by Crippen LogP contribution is -2.41. The van der Waals surface area contributed by atoms with Gasteiger partial charge in [-0.3, -0.25) is 14.3 Å². The molecule has 1 atom stereocenters. The Morgan fingerprint density at radius 1 is 1.32 bits per heavy atom. The first-order valence-electron chi connectivity index (χ1n) is 9.30. The van der Waals surface area contributed by atoms with Crippen molar-refractivity contribution < 1.29 is 14.7 Å². The van der Waals surface area contributed by atoms with Gasteiger partial charge in [-0.15, -0.1) is 0 Å². The second kappa shape index (κ2) is 8.50. The van der Waals surface area contributed by atoms with E-state index in [2.05, 4.69) is 18.9 Å². The summed E-state index contributed by atoms with van der Waals surface area (Å²) in [5.74, 6) is 0.195. The summed E-state index contributed by atoms with van der Waals surface area (Å²) < 4.78 is 2.01. The van der Waals surface area contributed by atoms with Gasteiger partial charge in [0.05, 0.1) is 12.1 Å². The van der Waals surface area contributed by atoms with E-state index in [0.29, 0.717) is 31.2 Å². The Balaban J connectivity index is 1.99. The van der Waals surface area contributed by atoms with E-state index in [1.54, 1.807) is 0 Å². The first-order chi connectivity index (χ1) is 11.8. The number of nitrogens with zero attached hydrogens (tertiary/aromatic N) is 3. The van der Waals surface area contributed by atoms with Gasteiger partial charge in [-0.1, -0.05) is 13.8 Å². The first kappa shape index (κ1) is 19.5. The fourth-order valence-corrected chi connectivity index (χ4v) is 3.63. The predicted octanol–water partition coefficient (Wildman–Crippen LogP) is 2.80. The smallest absolute Gasteiger partial charge is 0.303 e. The average molecular weight is 349 g/mol. The zero-order valence-corrected chi connectivity index (χ0v) is 15.9. The number of hydrogen-bond donors (Lipinski definition) is 1. The minimum atomic E-state index is -0.757. The number of carbonyl (C=O) groups is 2. The van der Waals surface area contributed by atoms with Gasteiger partial charge in [0, 0.05) is 37.3 Å². The number of likely N-dealkylation sites (tertiary alicyclic amines) is 1. The molecule has 1 aliphatic heterocycles. The normalized spacial score (nSPS) is 18.0. The van der Waals surface area contributed by atoms with Crippen molar-refractivity contribution in [1.82, 2.24) is 14.7 Å². The average Bonchev–Trinajstić information content (AvgIpc) is 2.80. The second-order valence-corrected chi connectivity index (χ2v) is 7.68. The van der Waals surface area contributed by atoms with Gasteiger partial charge in [0.15, 0.2) is 0 Å². The van der Waals surface area contributed by atoms with Crippen LogP contribution in [-0.4, -0.2) is 44.8 Å². The molecule has 0 radical (unpaired) electrons. The van der Waals surface area contributed by atoms with E-state index >= 15 is 0 Å². The minimum Gasteiger partial charge on any atom is -0.481 e. The summed E-state index contributed by atoms with van der Waals surface area (Å²) in [5.41, 5.74) is 3.06. The Bertz CT molecular complexity index is 622. The largest absolute Gasteiger partial charge is 0.481 e. The standard InChI is InChI=1S/C19H31N3O3/c1-13(2)11-22-15(4)17(14(3)20-22)10-18(23)21-9-5-6-16(12-21)7-8-19(24)25/h13,16H,5-12H2,1-4H3,(H,24,25). The third-order valence-electron chi connectivity index (χ3n) is 5.04. The molecule has 1 N–H and O–H groups in total. The molecule has 1 amide bonds. The molecule has 0 aliphatic carbocycles. The Morgan fingerprint density at radius 3 is 2.68 bits per heavy atom. The lowest BCUT2D eigenvalue weighted by Gasteiger charge is -2.32. The first-order valence-corrected chi connectivity index (χ1v) is 9.30. The summed E-state index contributed by atoms with van der Waals surface area (Å²) in [7, 11) is 0. The molecule has 1 saturated heterocycles. The summed E-state index contributed by atoms with van der Waals surface area (Å²) in [6.07, 6.45) is 3.21. The van der Waals surface area contributed by atoms with Gasteiger partial charge in [-0.05, 0) is 44.9 Å². The summed E-state index contributed by atoms with van der Waals surface area (Å²) in [6, 6.07) is 0. The zero-order valence-electron chi connectivity index (χ0n) is 15.9. The lowest BCUT2D eigenvalue weighted by atomic mass is 9.93. The van der Waals surface area contributed by atoms with Crippen LogP contribution in [-0.2, 0) is 22.6 Å². The van der Waals surface area contributed by atoms with Crippen LogP contribution in [0.1, 0.15) is 56.5 Å².